The molecule has 2 heterocycles. The Hall–Kier alpha value is -2.93. The molecule has 3 aromatic rings. The predicted octanol–water partition coefficient (Wildman–Crippen LogP) is 4.59. The van der Waals surface area contributed by atoms with Gasteiger partial charge in [0.25, 0.3) is 5.91 Å². The first-order valence-electron chi connectivity index (χ1n) is 8.95. The smallest absolute Gasteiger partial charge is 0.255 e. The van der Waals surface area contributed by atoms with Crippen LogP contribution in [0.3, 0.4) is 0 Å². The third-order valence-corrected chi connectivity index (χ3v) is 5.38. The van der Waals surface area contributed by atoms with Crippen LogP contribution in [0, 0.1) is 13.8 Å². The van der Waals surface area contributed by atoms with E-state index in [2.05, 4.69) is 42.7 Å². The van der Waals surface area contributed by atoms with Crippen molar-refractivity contribution in [2.24, 2.45) is 0 Å². The van der Waals surface area contributed by atoms with Crippen LogP contribution >= 0.6 is 15.9 Å². The first kappa shape index (κ1) is 18.4. The van der Waals surface area contributed by atoms with E-state index in [-0.39, 0.29) is 11.9 Å². The van der Waals surface area contributed by atoms with Crippen LogP contribution in [-0.4, -0.2) is 20.7 Å². The fraction of sp³-hybridized carbons (Fsp3) is 0.190. The zero-order valence-corrected chi connectivity index (χ0v) is 17.4. The van der Waals surface area contributed by atoms with Gasteiger partial charge in [0.2, 0.25) is 5.95 Å². The molecular formula is C21H20BrN5O. The second-order valence-electron chi connectivity index (χ2n) is 6.92. The van der Waals surface area contributed by atoms with Gasteiger partial charge in [-0.05, 0) is 50.1 Å². The van der Waals surface area contributed by atoms with Gasteiger partial charge in [-0.15, -0.1) is 0 Å². The lowest BCUT2D eigenvalue weighted by atomic mass is 9.95. The van der Waals surface area contributed by atoms with Gasteiger partial charge in [-0.25, -0.2) is 4.68 Å². The van der Waals surface area contributed by atoms with Gasteiger partial charge < -0.3 is 10.6 Å². The fourth-order valence-electron chi connectivity index (χ4n) is 3.48. The molecule has 28 heavy (non-hydrogen) atoms. The maximum Gasteiger partial charge on any atom is 0.255 e. The van der Waals surface area contributed by atoms with E-state index in [1.54, 1.807) is 4.68 Å². The van der Waals surface area contributed by atoms with E-state index in [4.69, 9.17) is 0 Å². The molecule has 2 N–H and O–H groups in total. The van der Waals surface area contributed by atoms with Gasteiger partial charge in [0.1, 0.15) is 12.4 Å². The second kappa shape index (κ2) is 7.24. The lowest BCUT2D eigenvalue weighted by Crippen LogP contribution is -2.31. The zero-order valence-electron chi connectivity index (χ0n) is 15.8. The van der Waals surface area contributed by atoms with Gasteiger partial charge >= 0.3 is 0 Å². The highest BCUT2D eigenvalue weighted by molar-refractivity contribution is 9.10. The molecule has 4 rings (SSSR count). The van der Waals surface area contributed by atoms with Crippen molar-refractivity contribution < 1.29 is 4.79 Å². The first-order chi connectivity index (χ1) is 13.4. The third-order valence-electron chi connectivity index (χ3n) is 4.85. The highest BCUT2D eigenvalue weighted by Crippen LogP contribution is 2.35. The van der Waals surface area contributed by atoms with Crippen molar-refractivity contribution in [2.75, 3.05) is 10.6 Å². The van der Waals surface area contributed by atoms with E-state index in [0.29, 0.717) is 11.5 Å². The van der Waals surface area contributed by atoms with Crippen LogP contribution in [-0.2, 0) is 4.79 Å². The number of amides is 1. The summed E-state index contributed by atoms with van der Waals surface area (Å²) in [5.41, 5.74) is 5.31. The number of fused-ring (bicyclic) bond motifs is 1. The van der Waals surface area contributed by atoms with Crippen molar-refractivity contribution in [3.05, 3.63) is 81.2 Å². The summed E-state index contributed by atoms with van der Waals surface area (Å²) in [4.78, 5) is 17.6. The summed E-state index contributed by atoms with van der Waals surface area (Å²) in [7, 11) is 0. The molecule has 0 saturated carbocycles. The maximum atomic E-state index is 13.3. The normalized spacial score (nSPS) is 15.8. The van der Waals surface area contributed by atoms with Crippen LogP contribution in [0.2, 0.25) is 0 Å². The number of aryl methyl sites for hydroxylation is 2. The molecule has 1 unspecified atom stereocenters. The molecular weight excluding hydrogens is 418 g/mol. The molecule has 7 heteroatoms. The van der Waals surface area contributed by atoms with Crippen LogP contribution in [0.4, 0.5) is 11.6 Å². The summed E-state index contributed by atoms with van der Waals surface area (Å²) in [6.45, 7) is 5.91. The molecule has 2 aromatic carbocycles. The summed E-state index contributed by atoms with van der Waals surface area (Å²) in [5.74, 6) is 0.458. The topological polar surface area (TPSA) is 71.8 Å². The molecule has 0 radical (unpaired) electrons. The summed E-state index contributed by atoms with van der Waals surface area (Å²) in [5, 5.41) is 10.6. The lowest BCUT2D eigenvalue weighted by Gasteiger charge is -2.29. The van der Waals surface area contributed by atoms with E-state index >= 15 is 0 Å². The molecule has 1 amide bonds. The Bertz CT molecular complexity index is 1080. The molecule has 0 saturated heterocycles. The van der Waals surface area contributed by atoms with Crippen molar-refractivity contribution >= 4 is 33.5 Å². The average Bonchev–Trinajstić information content (AvgIpc) is 3.11. The monoisotopic (exact) mass is 437 g/mol. The van der Waals surface area contributed by atoms with Gasteiger partial charge in [0, 0.05) is 15.9 Å². The lowest BCUT2D eigenvalue weighted by molar-refractivity contribution is -0.113. The molecule has 0 bridgehead atoms. The summed E-state index contributed by atoms with van der Waals surface area (Å²) in [6, 6.07) is 13.5. The highest BCUT2D eigenvalue weighted by atomic mass is 79.9. The van der Waals surface area contributed by atoms with E-state index in [9.17, 15) is 4.79 Å². The van der Waals surface area contributed by atoms with Crippen molar-refractivity contribution in [2.45, 2.75) is 26.8 Å². The molecule has 6 nitrogen and oxygen atoms in total. The Kier molecular flexibility index (Phi) is 4.77. The molecule has 0 fully saturated rings. The van der Waals surface area contributed by atoms with E-state index in [1.807, 2.05) is 57.2 Å². The van der Waals surface area contributed by atoms with Gasteiger partial charge in [0.15, 0.2) is 0 Å². The number of benzene rings is 2. The van der Waals surface area contributed by atoms with Crippen molar-refractivity contribution in [1.29, 1.82) is 0 Å². The summed E-state index contributed by atoms with van der Waals surface area (Å²) in [6.07, 6.45) is 1.49. The number of hydrogen-bond donors (Lipinski definition) is 2. The maximum absolute atomic E-state index is 13.3. The van der Waals surface area contributed by atoms with Crippen molar-refractivity contribution in [1.82, 2.24) is 14.8 Å². The van der Waals surface area contributed by atoms with Gasteiger partial charge in [-0.3, -0.25) is 4.79 Å². The zero-order chi connectivity index (χ0) is 19.8. The van der Waals surface area contributed by atoms with Crippen LogP contribution in [0.25, 0.3) is 0 Å². The van der Waals surface area contributed by atoms with Crippen molar-refractivity contribution in [3.63, 3.8) is 0 Å². The first-order valence-corrected chi connectivity index (χ1v) is 9.74. The number of halogens is 1. The second-order valence-corrected chi connectivity index (χ2v) is 7.83. The van der Waals surface area contributed by atoms with Crippen LogP contribution in [0.15, 0.2) is 64.5 Å². The Morgan fingerprint density at radius 1 is 1.14 bits per heavy atom. The average molecular weight is 438 g/mol. The minimum atomic E-state index is -0.363. The molecule has 0 aliphatic carbocycles. The number of nitrogens with one attached hydrogen (secondary N) is 2. The molecule has 142 valence electrons. The number of rotatable bonds is 3. The van der Waals surface area contributed by atoms with Crippen molar-refractivity contribution in [3.8, 4) is 0 Å². The molecule has 1 aromatic heterocycles. The number of nitrogens with zero attached hydrogens (tertiary/aromatic N) is 3. The Balaban J connectivity index is 1.76. The number of allylic oxidation sites excluding steroid dienone is 1. The van der Waals surface area contributed by atoms with Gasteiger partial charge in [0.05, 0.1) is 5.57 Å². The minimum absolute atomic E-state index is 0.161. The fourth-order valence-corrected chi connectivity index (χ4v) is 3.75. The van der Waals surface area contributed by atoms with Gasteiger partial charge in [-0.1, -0.05) is 45.8 Å². The Morgan fingerprint density at radius 2 is 1.89 bits per heavy atom. The standard InChI is InChI=1S/C21H20BrN5O/c1-12-4-9-17(13(2)10-12)26-20(28)18-14(3)25-21-23-11-24-27(21)19(18)15-5-7-16(22)8-6-15/h4-11,19H,1-3H3,(H,26,28)(H,23,24,25). The molecule has 1 atom stereocenters. The van der Waals surface area contributed by atoms with Crippen LogP contribution in [0.5, 0.6) is 0 Å². The SMILES string of the molecule is CC1=C(C(=O)Nc2ccc(C)cc2C)C(c2ccc(Br)cc2)n2ncnc2N1. The number of aromatic nitrogens is 3. The highest BCUT2D eigenvalue weighted by Gasteiger charge is 2.33. The summed E-state index contributed by atoms with van der Waals surface area (Å²) < 4.78 is 2.72. The predicted molar refractivity (Wildman–Crippen MR) is 113 cm³/mol. The number of hydrogen-bond acceptors (Lipinski definition) is 4. The van der Waals surface area contributed by atoms with Crippen LogP contribution < -0.4 is 10.6 Å². The van der Waals surface area contributed by atoms with E-state index < -0.39 is 0 Å². The molecule has 1 aliphatic rings. The minimum Gasteiger partial charge on any atom is -0.328 e. The number of carbonyl (C=O) groups excluding carboxylic acids is 1. The quantitative estimate of drug-likeness (QED) is 0.628. The van der Waals surface area contributed by atoms with Gasteiger partial charge in [-0.2, -0.15) is 10.1 Å². The Labute approximate surface area is 171 Å². The molecule has 0 spiro atoms. The largest absolute Gasteiger partial charge is 0.328 e. The third kappa shape index (κ3) is 3.33. The van der Waals surface area contributed by atoms with E-state index in [0.717, 1.165) is 32.5 Å². The molecule has 1 aliphatic heterocycles. The van der Waals surface area contributed by atoms with E-state index in [1.165, 1.54) is 6.33 Å². The summed E-state index contributed by atoms with van der Waals surface area (Å²) >= 11 is 3.47. The number of carbonyl (C=O) groups is 1. The number of anilines is 2. The Morgan fingerprint density at radius 3 is 2.61 bits per heavy atom. The van der Waals surface area contributed by atoms with Crippen LogP contribution in [0.1, 0.15) is 29.7 Å².